The van der Waals surface area contributed by atoms with Crippen molar-refractivity contribution >= 4 is 23.1 Å². The first-order valence-corrected chi connectivity index (χ1v) is 10.3. The highest BCUT2D eigenvalue weighted by atomic mass is 19.4. The molecular formula is C22H23F5N6O. The molecular weight excluding hydrogens is 459 g/mol. The summed E-state index contributed by atoms with van der Waals surface area (Å²) in [6, 6.07) is 7.02. The first-order chi connectivity index (χ1) is 16.1. The van der Waals surface area contributed by atoms with Crippen molar-refractivity contribution in [1.82, 2.24) is 15.0 Å². The molecule has 0 spiro atoms. The number of aliphatic hydroxyl groups excluding tert-OH is 1. The second-order valence-electron chi connectivity index (χ2n) is 7.31. The summed E-state index contributed by atoms with van der Waals surface area (Å²) < 4.78 is 66.7. The van der Waals surface area contributed by atoms with E-state index in [1.54, 1.807) is 11.0 Å². The van der Waals surface area contributed by atoms with E-state index >= 15 is 0 Å². The predicted molar refractivity (Wildman–Crippen MR) is 118 cm³/mol. The van der Waals surface area contributed by atoms with Crippen LogP contribution in [0.5, 0.6) is 0 Å². The Bertz CT molecular complexity index is 1130. The lowest BCUT2D eigenvalue weighted by atomic mass is 10.2. The normalized spacial score (nSPS) is 11.4. The lowest BCUT2D eigenvalue weighted by Gasteiger charge is -2.27. The van der Waals surface area contributed by atoms with E-state index in [4.69, 9.17) is 0 Å². The maximum atomic E-state index is 13.5. The highest BCUT2D eigenvalue weighted by Crippen LogP contribution is 2.34. The van der Waals surface area contributed by atoms with Crippen molar-refractivity contribution in [2.45, 2.75) is 19.7 Å². The molecule has 0 aliphatic rings. The first kappa shape index (κ1) is 25.1. The van der Waals surface area contributed by atoms with Crippen LogP contribution in [0.3, 0.4) is 0 Å². The second kappa shape index (κ2) is 10.6. The molecule has 0 amide bonds. The number of anilines is 4. The number of nitrogens with zero attached hydrogens (tertiary/aromatic N) is 5. The van der Waals surface area contributed by atoms with Crippen molar-refractivity contribution in [3.63, 3.8) is 0 Å². The number of hydrogen-bond donors (Lipinski definition) is 2. The second-order valence-corrected chi connectivity index (χ2v) is 7.31. The molecule has 0 fully saturated rings. The Morgan fingerprint density at radius 2 is 1.79 bits per heavy atom. The van der Waals surface area contributed by atoms with Gasteiger partial charge in [0.05, 0.1) is 5.56 Å². The highest BCUT2D eigenvalue weighted by molar-refractivity contribution is 5.60. The molecule has 0 bridgehead atoms. The van der Waals surface area contributed by atoms with Gasteiger partial charge in [0.2, 0.25) is 0 Å². The van der Waals surface area contributed by atoms with Crippen LogP contribution in [-0.2, 0) is 12.8 Å². The SMILES string of the molecule is CCN(CCN(C)c1ncccc1C(F)(F)F)c1cc(Nc2ccc(F)c(F)c2)nc(CO)n1. The number of likely N-dealkylation sites (N-methyl/N-ethyl adjacent to an activating group) is 2. The number of halogens is 5. The van der Waals surface area contributed by atoms with Crippen molar-refractivity contribution in [2.24, 2.45) is 0 Å². The first-order valence-electron chi connectivity index (χ1n) is 10.3. The number of alkyl halides is 3. The smallest absolute Gasteiger partial charge is 0.388 e. The standard InChI is InChI=1S/C22H23F5N6O/c1-3-33(10-9-32(2)21-15(22(25,26)27)5-4-8-28-21)20-12-18(30-19(13-34)31-20)29-14-6-7-16(23)17(24)11-14/h4-8,11-12,34H,3,9-10,13H2,1-2H3,(H,29,30,31). The van der Waals surface area contributed by atoms with E-state index in [-0.39, 0.29) is 36.2 Å². The number of aromatic nitrogens is 3. The average molecular weight is 482 g/mol. The third-order valence-corrected chi connectivity index (χ3v) is 4.96. The third-order valence-electron chi connectivity index (χ3n) is 4.96. The Balaban J connectivity index is 1.80. The van der Waals surface area contributed by atoms with Gasteiger partial charge in [-0.15, -0.1) is 0 Å². The van der Waals surface area contributed by atoms with Crippen LogP contribution < -0.4 is 15.1 Å². The van der Waals surface area contributed by atoms with Gasteiger partial charge in [0.15, 0.2) is 17.5 Å². The lowest BCUT2D eigenvalue weighted by Crippen LogP contribution is -2.35. The number of hydrogen-bond acceptors (Lipinski definition) is 7. The van der Waals surface area contributed by atoms with Gasteiger partial charge in [-0.1, -0.05) is 0 Å². The van der Waals surface area contributed by atoms with Gasteiger partial charge in [-0.25, -0.2) is 23.7 Å². The zero-order valence-corrected chi connectivity index (χ0v) is 18.4. The van der Waals surface area contributed by atoms with Crippen LogP contribution in [0.15, 0.2) is 42.6 Å². The zero-order valence-electron chi connectivity index (χ0n) is 18.4. The monoisotopic (exact) mass is 482 g/mol. The van der Waals surface area contributed by atoms with E-state index in [9.17, 15) is 27.1 Å². The molecule has 0 atom stereocenters. The number of nitrogens with one attached hydrogen (secondary N) is 1. The van der Waals surface area contributed by atoms with Gasteiger partial charge in [0.25, 0.3) is 0 Å². The van der Waals surface area contributed by atoms with Gasteiger partial charge >= 0.3 is 6.18 Å². The average Bonchev–Trinajstić information content (AvgIpc) is 2.81. The van der Waals surface area contributed by atoms with Crippen molar-refractivity contribution in [3.05, 3.63) is 65.6 Å². The fourth-order valence-corrected chi connectivity index (χ4v) is 3.24. The van der Waals surface area contributed by atoms with Crippen molar-refractivity contribution < 1.29 is 27.1 Å². The number of rotatable bonds is 9. The van der Waals surface area contributed by atoms with Crippen LogP contribution in [-0.4, -0.2) is 46.7 Å². The summed E-state index contributed by atoms with van der Waals surface area (Å²) in [4.78, 5) is 15.5. The van der Waals surface area contributed by atoms with E-state index in [1.807, 2.05) is 6.92 Å². The van der Waals surface area contributed by atoms with Crippen LogP contribution in [0.1, 0.15) is 18.3 Å². The molecule has 182 valence electrons. The Morgan fingerprint density at radius 1 is 1.03 bits per heavy atom. The van der Waals surface area contributed by atoms with Crippen molar-refractivity contribution in [1.29, 1.82) is 0 Å². The minimum Gasteiger partial charge on any atom is -0.388 e. The van der Waals surface area contributed by atoms with Gasteiger partial charge in [-0.05, 0) is 31.2 Å². The molecule has 0 aliphatic carbocycles. The summed E-state index contributed by atoms with van der Waals surface area (Å²) in [6.45, 7) is 2.30. The van der Waals surface area contributed by atoms with E-state index < -0.39 is 30.0 Å². The molecule has 3 aromatic rings. The zero-order chi connectivity index (χ0) is 24.9. The molecule has 3 rings (SSSR count). The molecule has 0 unspecified atom stereocenters. The van der Waals surface area contributed by atoms with Gasteiger partial charge < -0.3 is 20.2 Å². The van der Waals surface area contributed by atoms with Gasteiger partial charge in [-0.2, -0.15) is 13.2 Å². The summed E-state index contributed by atoms with van der Waals surface area (Å²) in [6.07, 6.45) is -3.24. The largest absolute Gasteiger partial charge is 0.419 e. The highest BCUT2D eigenvalue weighted by Gasteiger charge is 2.35. The molecule has 2 N–H and O–H groups in total. The van der Waals surface area contributed by atoms with E-state index in [1.165, 1.54) is 30.3 Å². The van der Waals surface area contributed by atoms with Crippen LogP contribution >= 0.6 is 0 Å². The fourth-order valence-electron chi connectivity index (χ4n) is 3.24. The summed E-state index contributed by atoms with van der Waals surface area (Å²) in [7, 11) is 1.51. The summed E-state index contributed by atoms with van der Waals surface area (Å²) in [5.41, 5.74) is -0.590. The molecule has 0 radical (unpaired) electrons. The van der Waals surface area contributed by atoms with E-state index in [0.29, 0.717) is 12.4 Å². The maximum absolute atomic E-state index is 13.5. The molecule has 0 saturated heterocycles. The molecule has 12 heteroatoms. The molecule has 34 heavy (non-hydrogen) atoms. The Hall–Kier alpha value is -3.54. The molecule has 0 aliphatic heterocycles. The summed E-state index contributed by atoms with van der Waals surface area (Å²) in [5.74, 6) is -1.50. The molecule has 2 aromatic heterocycles. The van der Waals surface area contributed by atoms with Crippen LogP contribution in [0.2, 0.25) is 0 Å². The fraction of sp³-hybridized carbons (Fsp3) is 0.318. The van der Waals surface area contributed by atoms with Gasteiger partial charge in [0.1, 0.15) is 24.1 Å². The summed E-state index contributed by atoms with van der Waals surface area (Å²) >= 11 is 0. The Kier molecular flexibility index (Phi) is 7.82. The van der Waals surface area contributed by atoms with E-state index in [0.717, 1.165) is 18.2 Å². The Morgan fingerprint density at radius 3 is 2.44 bits per heavy atom. The number of pyridine rings is 1. The van der Waals surface area contributed by atoms with Crippen LogP contribution in [0.25, 0.3) is 0 Å². The minimum absolute atomic E-state index is 0.0819. The number of aliphatic hydroxyl groups is 1. The molecule has 0 saturated carbocycles. The minimum atomic E-state index is -4.54. The quantitative estimate of drug-likeness (QED) is 0.439. The van der Waals surface area contributed by atoms with E-state index in [2.05, 4.69) is 20.3 Å². The van der Waals surface area contributed by atoms with Crippen LogP contribution in [0, 0.1) is 11.6 Å². The summed E-state index contributed by atoms with van der Waals surface area (Å²) in [5, 5.41) is 12.4. The lowest BCUT2D eigenvalue weighted by molar-refractivity contribution is -0.137. The molecule has 2 heterocycles. The predicted octanol–water partition coefficient (Wildman–Crippen LogP) is 4.37. The van der Waals surface area contributed by atoms with Crippen molar-refractivity contribution in [3.8, 4) is 0 Å². The van der Waals surface area contributed by atoms with Crippen LogP contribution in [0.4, 0.5) is 45.1 Å². The molecule has 1 aromatic carbocycles. The Labute approximate surface area is 192 Å². The van der Waals surface area contributed by atoms with Gasteiger partial charge in [-0.3, -0.25) is 0 Å². The third kappa shape index (κ3) is 6.07. The molecule has 7 nitrogen and oxygen atoms in total. The topological polar surface area (TPSA) is 77.4 Å². The number of benzene rings is 1. The maximum Gasteiger partial charge on any atom is 0.419 e. The van der Waals surface area contributed by atoms with Gasteiger partial charge in [0, 0.05) is 50.7 Å². The van der Waals surface area contributed by atoms with Crippen molar-refractivity contribution in [2.75, 3.05) is 41.8 Å².